The highest BCUT2D eigenvalue weighted by atomic mass is 28.4. The lowest BCUT2D eigenvalue weighted by atomic mass is 9.90. The van der Waals surface area contributed by atoms with Crippen LogP contribution in [0.2, 0.25) is 19.6 Å². The molecular weight excluding hydrogens is 320 g/mol. The molecule has 1 aliphatic rings. The highest BCUT2D eigenvalue weighted by molar-refractivity contribution is 6.69. The molecule has 5 nitrogen and oxygen atoms in total. The van der Waals surface area contributed by atoms with Gasteiger partial charge in [-0.1, -0.05) is 25.1 Å². The van der Waals surface area contributed by atoms with E-state index < -0.39 is 8.32 Å². The lowest BCUT2D eigenvalue weighted by Gasteiger charge is -2.27. The largest absolute Gasteiger partial charge is 0.464 e. The minimum Gasteiger partial charge on any atom is -0.464 e. The van der Waals surface area contributed by atoms with Crippen molar-refractivity contribution >= 4 is 25.7 Å². The molecule has 1 aromatic rings. The zero-order chi connectivity index (χ0) is 17.7. The number of ether oxygens (including phenoxy) is 1. The number of para-hydroxylation sites is 1. The monoisotopic (exact) mass is 348 g/mol. The summed E-state index contributed by atoms with van der Waals surface area (Å²) < 4.78 is 11.0. The van der Waals surface area contributed by atoms with Crippen LogP contribution < -0.4 is 5.01 Å². The average Bonchev–Trinajstić information content (AvgIpc) is 2.92. The van der Waals surface area contributed by atoms with Crippen molar-refractivity contribution in [3.05, 3.63) is 30.3 Å². The standard InChI is InChI=1S/C18H28N2O3Si/c1-6-16-15(12-13-23-24(3,4)5)17(18(21)22-2)19-20(16)14-10-8-7-9-11-14/h7-11,15-16H,6,12-13H2,1-5H3/t15-,16+/m1/s1. The van der Waals surface area contributed by atoms with E-state index in [-0.39, 0.29) is 17.9 Å². The number of hydrazone groups is 1. The lowest BCUT2D eigenvalue weighted by Crippen LogP contribution is -2.36. The molecule has 1 aromatic carbocycles. The number of rotatable bonds is 7. The van der Waals surface area contributed by atoms with E-state index in [4.69, 9.17) is 9.16 Å². The van der Waals surface area contributed by atoms with Gasteiger partial charge < -0.3 is 9.16 Å². The van der Waals surface area contributed by atoms with Gasteiger partial charge in [0.1, 0.15) is 0 Å². The maximum Gasteiger partial charge on any atom is 0.354 e. The van der Waals surface area contributed by atoms with Gasteiger partial charge in [0.15, 0.2) is 14.0 Å². The summed E-state index contributed by atoms with van der Waals surface area (Å²) in [5.74, 6) is -0.316. The zero-order valence-corrected chi connectivity index (χ0v) is 16.3. The number of methoxy groups -OCH3 is 1. The first-order valence-corrected chi connectivity index (χ1v) is 11.9. The smallest absolute Gasteiger partial charge is 0.354 e. The number of hydrogen-bond acceptors (Lipinski definition) is 5. The summed E-state index contributed by atoms with van der Waals surface area (Å²) in [6, 6.07) is 10.1. The first-order valence-electron chi connectivity index (χ1n) is 8.52. The maximum atomic E-state index is 12.2. The van der Waals surface area contributed by atoms with Crippen molar-refractivity contribution in [1.82, 2.24) is 0 Å². The number of carbonyl (C=O) groups is 1. The van der Waals surface area contributed by atoms with Crippen LogP contribution in [-0.2, 0) is 14.0 Å². The van der Waals surface area contributed by atoms with Crippen LogP contribution in [0.5, 0.6) is 0 Å². The second-order valence-electron chi connectivity index (χ2n) is 6.99. The molecule has 0 amide bonds. The fourth-order valence-electron chi connectivity index (χ4n) is 3.02. The van der Waals surface area contributed by atoms with Gasteiger partial charge in [-0.3, -0.25) is 5.01 Å². The quantitative estimate of drug-likeness (QED) is 0.557. The summed E-state index contributed by atoms with van der Waals surface area (Å²) in [5.41, 5.74) is 1.51. The Kier molecular flexibility index (Phi) is 6.18. The van der Waals surface area contributed by atoms with Crippen molar-refractivity contribution in [2.75, 3.05) is 18.7 Å². The topological polar surface area (TPSA) is 51.1 Å². The molecule has 6 heteroatoms. The van der Waals surface area contributed by atoms with Gasteiger partial charge in [-0.2, -0.15) is 5.10 Å². The van der Waals surface area contributed by atoms with Gasteiger partial charge in [0.2, 0.25) is 0 Å². The zero-order valence-electron chi connectivity index (χ0n) is 15.3. The van der Waals surface area contributed by atoms with Gasteiger partial charge in [0.05, 0.1) is 18.8 Å². The molecule has 2 atom stereocenters. The Morgan fingerprint density at radius 1 is 1.25 bits per heavy atom. The predicted octanol–water partition coefficient (Wildman–Crippen LogP) is 3.67. The third-order valence-electron chi connectivity index (χ3n) is 4.14. The molecule has 0 bridgehead atoms. The Morgan fingerprint density at radius 2 is 1.92 bits per heavy atom. The van der Waals surface area contributed by atoms with Crippen molar-refractivity contribution in [1.29, 1.82) is 0 Å². The molecule has 0 saturated carbocycles. The lowest BCUT2D eigenvalue weighted by molar-refractivity contribution is -0.133. The fraction of sp³-hybridized carbons (Fsp3) is 0.556. The van der Waals surface area contributed by atoms with E-state index in [9.17, 15) is 4.79 Å². The minimum absolute atomic E-state index is 0.0269. The second-order valence-corrected chi connectivity index (χ2v) is 11.5. The summed E-state index contributed by atoms with van der Waals surface area (Å²) in [6.45, 7) is 9.29. The summed E-state index contributed by atoms with van der Waals surface area (Å²) in [6.07, 6.45) is 1.68. The molecule has 24 heavy (non-hydrogen) atoms. The van der Waals surface area contributed by atoms with Gasteiger partial charge in [0.25, 0.3) is 0 Å². The van der Waals surface area contributed by atoms with E-state index in [0.717, 1.165) is 18.5 Å². The summed E-state index contributed by atoms with van der Waals surface area (Å²) in [5, 5.41) is 6.57. The van der Waals surface area contributed by atoms with E-state index in [1.165, 1.54) is 7.11 Å². The average molecular weight is 349 g/mol. The first-order chi connectivity index (χ1) is 11.4. The molecule has 2 rings (SSSR count). The third-order valence-corrected chi connectivity index (χ3v) is 5.21. The van der Waals surface area contributed by atoms with Crippen LogP contribution in [0.1, 0.15) is 19.8 Å². The number of anilines is 1. The molecule has 1 aliphatic heterocycles. The van der Waals surface area contributed by atoms with Crippen LogP contribution in [0, 0.1) is 5.92 Å². The Hall–Kier alpha value is -1.66. The summed E-state index contributed by atoms with van der Waals surface area (Å²) in [7, 11) is -0.160. The fourth-order valence-corrected chi connectivity index (χ4v) is 3.75. The molecule has 0 fully saturated rings. The van der Waals surface area contributed by atoms with E-state index >= 15 is 0 Å². The van der Waals surface area contributed by atoms with E-state index in [1.54, 1.807) is 0 Å². The molecule has 0 aromatic heterocycles. The van der Waals surface area contributed by atoms with Crippen LogP contribution in [0.15, 0.2) is 35.4 Å². The van der Waals surface area contributed by atoms with Crippen molar-refractivity contribution in [2.45, 2.75) is 45.4 Å². The molecule has 1 heterocycles. The van der Waals surface area contributed by atoms with Crippen molar-refractivity contribution in [3.63, 3.8) is 0 Å². The third kappa shape index (κ3) is 4.45. The van der Waals surface area contributed by atoms with Gasteiger partial charge in [-0.05, 0) is 44.6 Å². The van der Waals surface area contributed by atoms with Crippen molar-refractivity contribution < 1.29 is 14.0 Å². The van der Waals surface area contributed by atoms with Crippen LogP contribution in [0.3, 0.4) is 0 Å². The van der Waals surface area contributed by atoms with Gasteiger partial charge in [-0.15, -0.1) is 0 Å². The SMILES string of the molecule is CC[C@H]1[C@@H](CCO[Si](C)(C)C)C(C(=O)OC)=NN1c1ccccc1. The minimum atomic E-state index is -1.57. The molecule has 0 radical (unpaired) electrons. The van der Waals surface area contributed by atoms with Crippen LogP contribution >= 0.6 is 0 Å². The van der Waals surface area contributed by atoms with Gasteiger partial charge >= 0.3 is 5.97 Å². The normalized spacial score (nSPS) is 20.9. The highest BCUT2D eigenvalue weighted by Crippen LogP contribution is 2.32. The van der Waals surface area contributed by atoms with E-state index in [2.05, 4.69) is 31.7 Å². The predicted molar refractivity (Wildman–Crippen MR) is 99.9 cm³/mol. The Bertz CT molecular complexity index is 584. The highest BCUT2D eigenvalue weighted by Gasteiger charge is 2.40. The second kappa shape index (κ2) is 7.94. The van der Waals surface area contributed by atoms with Crippen LogP contribution in [0.25, 0.3) is 0 Å². The molecule has 0 unspecified atom stereocenters. The van der Waals surface area contributed by atoms with Crippen LogP contribution in [-0.4, -0.2) is 39.8 Å². The Labute approximate surface area is 145 Å². The number of carbonyl (C=O) groups excluding carboxylic acids is 1. The first kappa shape index (κ1) is 18.7. The summed E-state index contributed by atoms with van der Waals surface area (Å²) in [4.78, 5) is 12.2. The van der Waals surface area contributed by atoms with Gasteiger partial charge in [0, 0.05) is 12.5 Å². The van der Waals surface area contributed by atoms with Crippen molar-refractivity contribution in [2.24, 2.45) is 11.0 Å². The van der Waals surface area contributed by atoms with Crippen molar-refractivity contribution in [3.8, 4) is 0 Å². The number of esters is 1. The molecule has 0 spiro atoms. The Balaban J connectivity index is 2.23. The summed E-state index contributed by atoms with van der Waals surface area (Å²) >= 11 is 0. The molecule has 132 valence electrons. The number of hydrogen-bond donors (Lipinski definition) is 0. The number of benzene rings is 1. The van der Waals surface area contributed by atoms with E-state index in [1.807, 2.05) is 35.3 Å². The Morgan fingerprint density at radius 3 is 2.46 bits per heavy atom. The van der Waals surface area contributed by atoms with Crippen LogP contribution in [0.4, 0.5) is 5.69 Å². The maximum absolute atomic E-state index is 12.2. The number of nitrogens with zero attached hydrogens (tertiary/aromatic N) is 2. The van der Waals surface area contributed by atoms with E-state index in [0.29, 0.717) is 12.3 Å². The molecule has 0 saturated heterocycles. The molecule has 0 aliphatic carbocycles. The molecule has 0 N–H and O–H groups in total. The molecular formula is C18H28N2O3Si. The van der Waals surface area contributed by atoms with Gasteiger partial charge in [-0.25, -0.2) is 4.79 Å².